The van der Waals surface area contributed by atoms with E-state index in [-0.39, 0.29) is 11.3 Å². The lowest BCUT2D eigenvalue weighted by Gasteiger charge is -2.31. The van der Waals surface area contributed by atoms with Crippen molar-refractivity contribution < 1.29 is 37.4 Å². The summed E-state index contributed by atoms with van der Waals surface area (Å²) in [4.78, 5) is 26.4. The van der Waals surface area contributed by atoms with Crippen LogP contribution in [0.3, 0.4) is 0 Å². The van der Waals surface area contributed by atoms with E-state index < -0.39 is 28.6 Å². The van der Waals surface area contributed by atoms with Crippen LogP contribution >= 0.6 is 0 Å². The topological polar surface area (TPSA) is 89.5 Å². The third kappa shape index (κ3) is 15.4. The molecule has 0 N–H and O–H groups in total. The number of benzene rings is 4. The van der Waals surface area contributed by atoms with Gasteiger partial charge in [-0.3, -0.25) is 0 Å². The molecule has 0 aromatic heterocycles. The van der Waals surface area contributed by atoms with Crippen LogP contribution in [0.2, 0.25) is 38.8 Å². The zero-order valence-electron chi connectivity index (χ0n) is 34.0. The van der Waals surface area contributed by atoms with Gasteiger partial charge < -0.3 is 27.8 Å². The first-order valence-electron chi connectivity index (χ1n) is 19.2. The fraction of sp³-hybridized carbons (Fsp3) is 0.319. The molecule has 4 aromatic carbocycles. The van der Waals surface area contributed by atoms with Crippen LogP contribution in [-0.4, -0.2) is 41.8 Å². The molecule has 4 aromatic rings. The largest absolute Gasteiger partial charge is 0.493 e. The first-order valence-corrected chi connectivity index (χ1v) is 25.7. The molecule has 0 amide bonds. The molecule has 0 aliphatic carbocycles. The number of ether oxygens (including phenoxy) is 5. The van der Waals surface area contributed by atoms with E-state index in [1.165, 1.54) is 0 Å². The Labute approximate surface area is 340 Å². The maximum Gasteiger partial charge on any atom is 0.347 e. The van der Waals surface area contributed by atoms with E-state index in [9.17, 15) is 9.59 Å². The second-order valence-corrected chi connectivity index (χ2v) is 24.3. The van der Waals surface area contributed by atoms with Crippen molar-refractivity contribution in [2.45, 2.75) is 78.3 Å². The number of rotatable bonds is 19. The van der Waals surface area contributed by atoms with E-state index >= 15 is 0 Å². The highest BCUT2D eigenvalue weighted by atomic mass is 28.4. The Bertz CT molecular complexity index is 2110. The third-order valence-corrected chi connectivity index (χ3v) is 14.9. The number of carbonyl (C=O) groups is 2. The number of esters is 2. The van der Waals surface area contributed by atoms with Gasteiger partial charge in [-0.15, -0.1) is 6.42 Å². The van der Waals surface area contributed by atoms with Gasteiger partial charge in [-0.2, -0.15) is 0 Å². The van der Waals surface area contributed by atoms with Crippen molar-refractivity contribution >= 4 is 28.6 Å². The summed E-state index contributed by atoms with van der Waals surface area (Å²) in [7, 11) is -3.26. The predicted octanol–water partition coefficient (Wildman–Crippen LogP) is 10.8. The van der Waals surface area contributed by atoms with E-state index in [0.29, 0.717) is 47.7 Å². The first kappa shape index (κ1) is 44.0. The van der Waals surface area contributed by atoms with Crippen LogP contribution in [0.15, 0.2) is 91.0 Å². The molecule has 10 heteroatoms. The van der Waals surface area contributed by atoms with Crippen molar-refractivity contribution in [1.82, 2.24) is 0 Å². The normalized spacial score (nSPS) is 11.4. The van der Waals surface area contributed by atoms with E-state index in [0.717, 1.165) is 42.9 Å². The van der Waals surface area contributed by atoms with Crippen molar-refractivity contribution in [2.75, 3.05) is 13.2 Å². The molecule has 0 saturated heterocycles. The van der Waals surface area contributed by atoms with Gasteiger partial charge in [0.2, 0.25) is 0 Å². The number of carbonyl (C=O) groups excluding carboxylic acids is 2. The molecule has 0 bridgehead atoms. The van der Waals surface area contributed by atoms with Gasteiger partial charge in [0.05, 0.1) is 18.8 Å². The zero-order chi connectivity index (χ0) is 41.3. The van der Waals surface area contributed by atoms with Crippen molar-refractivity contribution in [3.63, 3.8) is 0 Å². The Kier molecular flexibility index (Phi) is 16.6. The zero-order valence-corrected chi connectivity index (χ0v) is 36.0. The number of terminal acetylenes is 1. The Morgan fingerprint density at radius 2 is 1.28 bits per heavy atom. The highest BCUT2D eigenvalue weighted by Crippen LogP contribution is 2.29. The maximum absolute atomic E-state index is 13.4. The molecular weight excluding hydrogens is 749 g/mol. The molecular formula is C47H52O8Si2. The van der Waals surface area contributed by atoms with Crippen LogP contribution < -0.4 is 23.7 Å². The summed E-state index contributed by atoms with van der Waals surface area (Å²) >= 11 is 0. The molecule has 0 aliphatic rings. The van der Waals surface area contributed by atoms with Gasteiger partial charge in [-0.05, 0) is 135 Å². The highest BCUT2D eigenvalue weighted by Gasteiger charge is 2.29. The summed E-state index contributed by atoms with van der Waals surface area (Å²) in [6.07, 6.45) is 11.5. The summed E-state index contributed by atoms with van der Waals surface area (Å²) in [6.45, 7) is 16.6. The first-order chi connectivity index (χ1) is 27.2. The highest BCUT2D eigenvalue weighted by molar-refractivity contribution is 6.84. The monoisotopic (exact) mass is 800 g/mol. The molecule has 1 atom stereocenters. The number of hydrogen-bond donors (Lipinski definition) is 0. The smallest absolute Gasteiger partial charge is 0.347 e. The molecule has 0 aliphatic heterocycles. The van der Waals surface area contributed by atoms with Crippen LogP contribution in [0.4, 0.5) is 0 Å². The van der Waals surface area contributed by atoms with E-state index in [2.05, 4.69) is 76.4 Å². The molecule has 0 heterocycles. The minimum atomic E-state index is -1.69. The van der Waals surface area contributed by atoms with Gasteiger partial charge in [0.15, 0.2) is 16.6 Å². The van der Waals surface area contributed by atoms with Gasteiger partial charge in [0.25, 0.3) is 0 Å². The Hall–Kier alpha value is -5.71. The molecule has 0 spiro atoms. The maximum atomic E-state index is 13.4. The van der Waals surface area contributed by atoms with Crippen molar-refractivity contribution in [1.29, 1.82) is 0 Å². The van der Waals surface area contributed by atoms with Gasteiger partial charge in [-0.25, -0.2) is 9.59 Å². The summed E-state index contributed by atoms with van der Waals surface area (Å²) in [6, 6.07) is 27.0. The molecule has 57 heavy (non-hydrogen) atoms. The predicted molar refractivity (Wildman–Crippen MR) is 231 cm³/mol. The van der Waals surface area contributed by atoms with Gasteiger partial charge in [-0.1, -0.05) is 57.4 Å². The fourth-order valence-corrected chi connectivity index (χ4v) is 13.9. The minimum Gasteiger partial charge on any atom is -0.493 e. The molecule has 0 fully saturated rings. The van der Waals surface area contributed by atoms with Crippen LogP contribution in [0.25, 0.3) is 11.1 Å². The fourth-order valence-electron chi connectivity index (χ4n) is 5.72. The van der Waals surface area contributed by atoms with Gasteiger partial charge in [0.1, 0.15) is 40.4 Å². The van der Waals surface area contributed by atoms with Crippen LogP contribution in [0, 0.1) is 42.1 Å². The number of unbranched alkanes of at least 4 members (excludes halogenated alkanes) is 2. The lowest BCUT2D eigenvalue weighted by Crippen LogP contribution is -2.42. The van der Waals surface area contributed by atoms with Crippen molar-refractivity contribution in [3.05, 3.63) is 102 Å². The minimum absolute atomic E-state index is 0.275. The van der Waals surface area contributed by atoms with Gasteiger partial charge >= 0.3 is 11.9 Å². The Morgan fingerprint density at radius 1 is 0.684 bits per heavy atom. The summed E-state index contributed by atoms with van der Waals surface area (Å²) in [5.41, 5.74) is 2.45. The van der Waals surface area contributed by atoms with Crippen molar-refractivity contribution in [3.8, 4) is 76.1 Å². The summed E-state index contributed by atoms with van der Waals surface area (Å²) < 4.78 is 35.3. The van der Waals surface area contributed by atoms with Crippen LogP contribution in [0.1, 0.15) is 60.2 Å². The average molecular weight is 801 g/mol. The Balaban J connectivity index is 1.33. The Morgan fingerprint density at radius 3 is 1.89 bits per heavy atom. The average Bonchev–Trinajstić information content (AvgIpc) is 3.18. The summed E-state index contributed by atoms with van der Waals surface area (Å²) in [5.74, 6) is 11.1. The lowest BCUT2D eigenvalue weighted by atomic mass is 10.1. The van der Waals surface area contributed by atoms with Gasteiger partial charge in [0, 0.05) is 17.9 Å². The third-order valence-electron chi connectivity index (χ3n) is 8.64. The molecule has 296 valence electrons. The SMILES string of the molecule is C#CC#CC#COc1ccc(-c2ccc(OC(=O)c3ccc(OC(=O)c4ccc(OC[C@H](C)CC)cc4OCCCCC[Si](C)(C)O[Si](C)(C)C)cc3)cc2)cc1. The van der Waals surface area contributed by atoms with E-state index in [4.69, 9.17) is 34.2 Å². The number of hydrogen-bond acceptors (Lipinski definition) is 8. The lowest BCUT2D eigenvalue weighted by molar-refractivity contribution is 0.0727. The van der Waals surface area contributed by atoms with E-state index in [1.807, 2.05) is 24.3 Å². The molecule has 0 radical (unpaired) electrons. The summed E-state index contributed by atoms with van der Waals surface area (Å²) in [5, 5.41) is 0. The second kappa shape index (κ2) is 21.6. The van der Waals surface area contributed by atoms with Crippen molar-refractivity contribution in [2.24, 2.45) is 5.92 Å². The molecule has 8 nitrogen and oxygen atoms in total. The van der Waals surface area contributed by atoms with Crippen LogP contribution in [0.5, 0.6) is 28.7 Å². The second-order valence-electron chi connectivity index (χ2n) is 15.2. The quantitative estimate of drug-likeness (QED) is 0.0304. The molecule has 4 rings (SSSR count). The van der Waals surface area contributed by atoms with E-state index in [1.54, 1.807) is 66.7 Å². The molecule has 0 unspecified atom stereocenters. The standard InChI is InChI=1S/C47H52O8Si2/c1-9-11-12-14-31-50-40-23-17-37(18-24-40)38-19-25-41(26-20-38)53-46(48)39-21-27-42(28-22-39)54-47(49)44-30-29-43(52-35-36(3)10-2)34-45(44)51-32-15-13-16-33-57(7,8)55-56(4,5)6/h1,17-30,34,36H,10,13,15-16,32-33,35H2,2-8H3/t36-/m1/s1. The van der Waals surface area contributed by atoms with Crippen LogP contribution in [-0.2, 0) is 4.12 Å². The molecule has 0 saturated carbocycles.